The van der Waals surface area contributed by atoms with Crippen molar-refractivity contribution >= 4 is 52.2 Å². The van der Waals surface area contributed by atoms with E-state index in [1.165, 1.54) is 4.31 Å². The molecular weight excluding hydrogens is 462 g/mol. The van der Waals surface area contributed by atoms with Crippen LogP contribution in [0.4, 0.5) is 10.5 Å². The summed E-state index contributed by atoms with van der Waals surface area (Å²) in [5.74, 6) is 0.409. The molecule has 8 heteroatoms. The third-order valence-corrected chi connectivity index (χ3v) is 5.98. The number of esters is 1. The third-order valence-electron chi connectivity index (χ3n) is 5.56. The lowest BCUT2D eigenvalue weighted by Crippen LogP contribution is -2.35. The lowest BCUT2D eigenvalue weighted by molar-refractivity contribution is 0.0731. The Morgan fingerprint density at radius 1 is 0.971 bits per heavy atom. The van der Waals surface area contributed by atoms with Crippen LogP contribution in [-0.4, -0.2) is 17.0 Å². The summed E-state index contributed by atoms with van der Waals surface area (Å²) in [6.45, 7) is 1.83. The number of benzene rings is 3. The van der Waals surface area contributed by atoms with Gasteiger partial charge >= 0.3 is 12.0 Å². The summed E-state index contributed by atoms with van der Waals surface area (Å²) >= 11 is 4.33. The number of thiol groups is 1. The fourth-order valence-corrected chi connectivity index (χ4v) is 3.93. The molecule has 1 unspecified atom stereocenters. The van der Waals surface area contributed by atoms with Gasteiger partial charge in [-0.2, -0.15) is 0 Å². The topological polar surface area (TPSA) is 84.7 Å². The molecule has 0 radical (unpaired) electrons. The number of urea groups is 1. The second kappa shape index (κ2) is 9.52. The number of anilines is 1. The molecule has 0 spiro atoms. The van der Waals surface area contributed by atoms with Crippen molar-refractivity contribution in [2.24, 2.45) is 0 Å². The van der Waals surface area contributed by atoms with Gasteiger partial charge in [0.15, 0.2) is 5.69 Å². The Morgan fingerprint density at radius 3 is 2.46 bits per heavy atom. The number of fused-ring (bicyclic) bond motifs is 2. The third kappa shape index (κ3) is 4.69. The molecule has 1 N–H and O–H groups in total. The second-order valence-corrected chi connectivity index (χ2v) is 8.33. The van der Waals surface area contributed by atoms with Crippen molar-refractivity contribution in [1.29, 1.82) is 0 Å². The molecule has 0 bridgehead atoms. The zero-order chi connectivity index (χ0) is 24.4. The van der Waals surface area contributed by atoms with Gasteiger partial charge in [0.25, 0.3) is 0 Å². The Bertz CT molecular complexity index is 1490. The van der Waals surface area contributed by atoms with E-state index in [1.807, 2.05) is 67.6 Å². The van der Waals surface area contributed by atoms with Gasteiger partial charge in [0.1, 0.15) is 17.1 Å². The van der Waals surface area contributed by atoms with E-state index in [-0.39, 0.29) is 11.7 Å². The van der Waals surface area contributed by atoms with E-state index >= 15 is 0 Å². The predicted molar refractivity (Wildman–Crippen MR) is 138 cm³/mol. The molecule has 0 saturated carbocycles. The van der Waals surface area contributed by atoms with Gasteiger partial charge in [0.05, 0.1) is 11.7 Å². The molecule has 0 aliphatic carbocycles. The minimum atomic E-state index is -0.560. The first-order valence-electron chi connectivity index (χ1n) is 10.9. The monoisotopic (exact) mass is 483 g/mol. The van der Waals surface area contributed by atoms with E-state index in [0.717, 1.165) is 16.4 Å². The lowest BCUT2D eigenvalue weighted by atomic mass is 10.1. The van der Waals surface area contributed by atoms with Gasteiger partial charge in [-0.15, -0.1) is 0 Å². The molecule has 7 nitrogen and oxygen atoms in total. The van der Waals surface area contributed by atoms with Crippen LogP contribution < -0.4 is 14.4 Å². The highest BCUT2D eigenvalue weighted by atomic mass is 32.1. The first-order valence-corrected chi connectivity index (χ1v) is 11.3. The molecule has 5 aromatic rings. The Balaban J connectivity index is 1.24. The van der Waals surface area contributed by atoms with Gasteiger partial charge in [-0.1, -0.05) is 55.3 Å². The molecule has 3 aromatic carbocycles. The molecule has 0 aliphatic rings. The van der Waals surface area contributed by atoms with Crippen LogP contribution in [0.25, 0.3) is 21.7 Å². The number of para-hydroxylation sites is 1. The largest absolute Gasteiger partial charge is 0.459 e. The maximum absolute atomic E-state index is 12.7. The number of aromatic nitrogens is 1. The molecular formula is C27H21N3O4S. The summed E-state index contributed by atoms with van der Waals surface area (Å²) in [4.78, 5) is 29.6. The summed E-state index contributed by atoms with van der Waals surface area (Å²) < 4.78 is 12.5. The van der Waals surface area contributed by atoms with Crippen LogP contribution in [0.2, 0.25) is 0 Å². The summed E-state index contributed by atoms with van der Waals surface area (Å²) in [6.07, 6.45) is 1.58. The molecule has 1 atom stereocenters. The van der Waals surface area contributed by atoms with Gasteiger partial charge in [0, 0.05) is 17.0 Å². The maximum atomic E-state index is 12.7. The minimum Gasteiger partial charge on any atom is -0.459 e. The number of hydrogen-bond acceptors (Lipinski definition) is 6. The van der Waals surface area contributed by atoms with Crippen LogP contribution >= 0.6 is 12.8 Å². The fraction of sp³-hybridized carbons (Fsp3) is 0.0741. The number of hydrogen-bond donors (Lipinski definition) is 2. The van der Waals surface area contributed by atoms with Crippen molar-refractivity contribution in [3.8, 4) is 5.75 Å². The Labute approximate surface area is 206 Å². The second-order valence-electron chi connectivity index (χ2n) is 7.93. The standard InChI is InChI=1S/C27H21N3O4S/c1-17(24-16-19-7-3-5-9-23(19)34-24)29-27(32)30(35)20-10-12-21(13-11-20)33-26(31)25-22-8-4-2-6-18(22)14-15-28-25/h2-17,35H,1H3,(H,29,32). The smallest absolute Gasteiger partial charge is 0.362 e. The highest BCUT2D eigenvalue weighted by molar-refractivity contribution is 7.82. The van der Waals surface area contributed by atoms with Crippen LogP contribution in [0, 0.1) is 0 Å². The van der Waals surface area contributed by atoms with Crippen LogP contribution in [0.3, 0.4) is 0 Å². The fourth-order valence-electron chi connectivity index (χ4n) is 3.74. The van der Waals surface area contributed by atoms with E-state index in [9.17, 15) is 9.59 Å². The first-order chi connectivity index (χ1) is 17.0. The number of ether oxygens (including phenoxy) is 1. The van der Waals surface area contributed by atoms with Gasteiger partial charge in [-0.3, -0.25) is 0 Å². The average Bonchev–Trinajstić information content (AvgIpc) is 3.33. The molecule has 5 rings (SSSR count). The summed E-state index contributed by atoms with van der Waals surface area (Å²) in [7, 11) is 0. The number of carbonyl (C=O) groups excluding carboxylic acids is 2. The van der Waals surface area contributed by atoms with Gasteiger partial charge < -0.3 is 14.5 Å². The SMILES string of the molecule is CC(NC(=O)N(S)c1ccc(OC(=O)c2nccc3ccccc23)cc1)c1cc2ccccc2o1. The molecule has 2 aromatic heterocycles. The van der Waals surface area contributed by atoms with Crippen molar-refractivity contribution in [1.82, 2.24) is 10.3 Å². The average molecular weight is 484 g/mol. The van der Waals surface area contributed by atoms with Gasteiger partial charge in [-0.05, 0) is 54.8 Å². The van der Waals surface area contributed by atoms with Gasteiger partial charge in [-0.25, -0.2) is 18.9 Å². The predicted octanol–water partition coefficient (Wildman–Crippen LogP) is 6.32. The van der Waals surface area contributed by atoms with E-state index in [4.69, 9.17) is 9.15 Å². The molecule has 0 aliphatic heterocycles. The van der Waals surface area contributed by atoms with Crippen molar-refractivity contribution in [3.63, 3.8) is 0 Å². The quantitative estimate of drug-likeness (QED) is 0.174. The van der Waals surface area contributed by atoms with Crippen LogP contribution in [0.5, 0.6) is 5.75 Å². The minimum absolute atomic E-state index is 0.238. The van der Waals surface area contributed by atoms with Crippen molar-refractivity contribution < 1.29 is 18.7 Å². The summed E-state index contributed by atoms with van der Waals surface area (Å²) in [5.41, 5.74) is 1.50. The Hall–Kier alpha value is -4.30. The van der Waals surface area contributed by atoms with E-state index in [2.05, 4.69) is 23.1 Å². The van der Waals surface area contributed by atoms with E-state index in [1.54, 1.807) is 30.5 Å². The van der Waals surface area contributed by atoms with Gasteiger partial charge in [0.2, 0.25) is 0 Å². The number of nitrogens with zero attached hydrogens (tertiary/aromatic N) is 2. The molecule has 35 heavy (non-hydrogen) atoms. The number of pyridine rings is 1. The van der Waals surface area contributed by atoms with E-state index in [0.29, 0.717) is 22.6 Å². The van der Waals surface area contributed by atoms with Crippen molar-refractivity contribution in [2.45, 2.75) is 13.0 Å². The number of amides is 2. The molecule has 2 heterocycles. The highest BCUT2D eigenvalue weighted by Gasteiger charge is 2.19. The zero-order valence-corrected chi connectivity index (χ0v) is 19.6. The zero-order valence-electron chi connectivity index (χ0n) is 18.7. The van der Waals surface area contributed by atoms with Crippen LogP contribution in [0.15, 0.2) is 95.5 Å². The van der Waals surface area contributed by atoms with Crippen LogP contribution in [-0.2, 0) is 0 Å². The number of furan rings is 1. The summed E-state index contributed by atoms with van der Waals surface area (Å²) in [6, 6.07) is 24.5. The summed E-state index contributed by atoms with van der Waals surface area (Å²) in [5, 5.41) is 5.45. The number of carbonyl (C=O) groups is 2. The molecule has 2 amide bonds. The number of nitrogens with one attached hydrogen (secondary N) is 1. The maximum Gasteiger partial charge on any atom is 0.362 e. The first kappa shape index (κ1) is 22.5. The Morgan fingerprint density at radius 2 is 1.69 bits per heavy atom. The highest BCUT2D eigenvalue weighted by Crippen LogP contribution is 2.26. The normalized spacial score (nSPS) is 11.8. The Kier molecular flexibility index (Phi) is 6.12. The van der Waals surface area contributed by atoms with Crippen molar-refractivity contribution in [3.05, 3.63) is 103 Å². The van der Waals surface area contributed by atoms with E-state index < -0.39 is 12.0 Å². The molecule has 0 fully saturated rings. The number of rotatable bonds is 5. The van der Waals surface area contributed by atoms with Crippen molar-refractivity contribution in [2.75, 3.05) is 4.31 Å². The molecule has 174 valence electrons. The molecule has 0 saturated heterocycles. The van der Waals surface area contributed by atoms with Crippen LogP contribution in [0.1, 0.15) is 29.2 Å². The lowest BCUT2D eigenvalue weighted by Gasteiger charge is -2.19.